The Hall–Kier alpha value is -2.37. The van der Waals surface area contributed by atoms with Crippen LogP contribution in [-0.4, -0.2) is 29.6 Å². The van der Waals surface area contributed by atoms with E-state index in [1.807, 2.05) is 30.3 Å². The van der Waals surface area contributed by atoms with E-state index in [1.165, 1.54) is 0 Å². The van der Waals surface area contributed by atoms with E-state index in [2.05, 4.69) is 15.3 Å². The molecule has 1 aromatic carbocycles. The molecular weight excluding hydrogens is 326 g/mol. The number of benzene rings is 1. The monoisotopic (exact) mass is 343 g/mol. The zero-order valence-corrected chi connectivity index (χ0v) is 14.0. The third-order valence-corrected chi connectivity index (χ3v) is 4.15. The van der Waals surface area contributed by atoms with Crippen molar-refractivity contribution >= 4 is 28.5 Å². The summed E-state index contributed by atoms with van der Waals surface area (Å²) in [6.07, 6.45) is 4.07. The van der Waals surface area contributed by atoms with Crippen LogP contribution in [0, 0.1) is 0 Å². The number of aromatic nitrogens is 2. The van der Waals surface area contributed by atoms with Gasteiger partial charge in [0.25, 0.3) is 5.91 Å². The molecule has 0 radical (unpaired) electrons. The highest BCUT2D eigenvalue weighted by atomic mass is 35.5. The summed E-state index contributed by atoms with van der Waals surface area (Å²) in [5.74, 6) is -0.141. The number of hydrogen-bond donors (Lipinski definition) is 2. The van der Waals surface area contributed by atoms with Crippen molar-refractivity contribution in [2.45, 2.75) is 12.5 Å². The van der Waals surface area contributed by atoms with Crippen molar-refractivity contribution in [3.8, 4) is 0 Å². The van der Waals surface area contributed by atoms with E-state index in [4.69, 9.17) is 16.3 Å². The van der Waals surface area contributed by atoms with E-state index in [1.54, 1.807) is 25.6 Å². The molecule has 24 heavy (non-hydrogen) atoms. The number of carbonyl (C=O) groups excluding carboxylic acids is 1. The fourth-order valence-corrected chi connectivity index (χ4v) is 2.77. The van der Waals surface area contributed by atoms with E-state index in [9.17, 15) is 4.79 Å². The van der Waals surface area contributed by atoms with Gasteiger partial charge in [-0.2, -0.15) is 0 Å². The maximum absolute atomic E-state index is 12.8. The third kappa shape index (κ3) is 3.58. The zero-order valence-electron chi connectivity index (χ0n) is 13.3. The molecule has 0 bridgehead atoms. The number of ether oxygens (including phenoxy) is 1. The van der Waals surface area contributed by atoms with Crippen molar-refractivity contribution in [1.82, 2.24) is 15.3 Å². The Balaban J connectivity index is 1.85. The van der Waals surface area contributed by atoms with Gasteiger partial charge >= 0.3 is 0 Å². The summed E-state index contributed by atoms with van der Waals surface area (Å²) in [7, 11) is 1.65. The molecule has 0 aliphatic rings. The van der Waals surface area contributed by atoms with Crippen molar-refractivity contribution in [1.29, 1.82) is 0 Å². The highest BCUT2D eigenvalue weighted by molar-refractivity contribution is 6.30. The second kappa shape index (κ2) is 7.47. The van der Waals surface area contributed by atoms with Crippen molar-refractivity contribution in [2.24, 2.45) is 0 Å². The lowest BCUT2D eigenvalue weighted by Crippen LogP contribution is -2.29. The van der Waals surface area contributed by atoms with Gasteiger partial charge in [0.05, 0.1) is 11.6 Å². The van der Waals surface area contributed by atoms with Crippen molar-refractivity contribution in [2.75, 3.05) is 13.7 Å². The van der Waals surface area contributed by atoms with Gasteiger partial charge in [-0.3, -0.25) is 4.79 Å². The first kappa shape index (κ1) is 16.5. The molecule has 0 saturated carbocycles. The molecule has 124 valence electrons. The lowest BCUT2D eigenvalue weighted by Gasteiger charge is -2.19. The molecule has 6 heteroatoms. The van der Waals surface area contributed by atoms with Gasteiger partial charge in [-0.15, -0.1) is 0 Å². The molecule has 0 saturated heterocycles. The topological polar surface area (TPSA) is 67.0 Å². The number of nitrogens with zero attached hydrogens (tertiary/aromatic N) is 1. The van der Waals surface area contributed by atoms with Crippen LogP contribution < -0.4 is 5.32 Å². The number of methoxy groups -OCH3 is 1. The number of nitrogens with one attached hydrogen (secondary N) is 2. The van der Waals surface area contributed by atoms with E-state index in [0.29, 0.717) is 29.3 Å². The molecule has 0 aliphatic heterocycles. The standard InChI is InChI=1S/C18H18ClN3O2/c1-24-11-8-16(12-2-4-13(19)5-3-12)22-18(23)15-7-10-21-17-14(15)6-9-20-17/h2-7,9-10,16H,8,11H2,1H3,(H,20,21)(H,22,23). The largest absolute Gasteiger partial charge is 0.385 e. The number of halogens is 1. The quantitative estimate of drug-likeness (QED) is 0.716. The van der Waals surface area contributed by atoms with Crippen LogP contribution >= 0.6 is 11.6 Å². The summed E-state index contributed by atoms with van der Waals surface area (Å²) >= 11 is 5.95. The van der Waals surface area contributed by atoms with Crippen molar-refractivity contribution < 1.29 is 9.53 Å². The second-order valence-electron chi connectivity index (χ2n) is 5.46. The van der Waals surface area contributed by atoms with E-state index < -0.39 is 0 Å². The summed E-state index contributed by atoms with van der Waals surface area (Å²) in [5.41, 5.74) is 2.28. The predicted molar refractivity (Wildman–Crippen MR) is 94.2 cm³/mol. The minimum Gasteiger partial charge on any atom is -0.385 e. The SMILES string of the molecule is COCCC(NC(=O)c1ccnc2[nH]ccc12)c1ccc(Cl)cc1. The van der Waals surface area contributed by atoms with Crippen LogP contribution in [0.5, 0.6) is 0 Å². The van der Waals surface area contributed by atoms with Crippen LogP contribution in [0.15, 0.2) is 48.8 Å². The summed E-state index contributed by atoms with van der Waals surface area (Å²) in [6.45, 7) is 0.545. The molecule has 2 heterocycles. The average molecular weight is 344 g/mol. The Bertz CT molecular complexity index is 830. The molecule has 3 rings (SSSR count). The van der Waals surface area contributed by atoms with E-state index in [-0.39, 0.29) is 11.9 Å². The molecular formula is C18H18ClN3O2. The van der Waals surface area contributed by atoms with Gasteiger partial charge in [0.2, 0.25) is 0 Å². The van der Waals surface area contributed by atoms with Crippen LogP contribution in [-0.2, 0) is 4.74 Å². The number of H-pyrrole nitrogens is 1. The summed E-state index contributed by atoms with van der Waals surface area (Å²) in [6, 6.07) is 10.9. The van der Waals surface area contributed by atoms with E-state index in [0.717, 1.165) is 10.9 Å². The van der Waals surface area contributed by atoms with Gasteiger partial charge in [-0.05, 0) is 36.2 Å². The Morgan fingerprint density at radius 2 is 2.08 bits per heavy atom. The summed E-state index contributed by atoms with van der Waals surface area (Å²) < 4.78 is 5.17. The molecule has 1 amide bonds. The fourth-order valence-electron chi connectivity index (χ4n) is 2.65. The third-order valence-electron chi connectivity index (χ3n) is 3.89. The first-order chi connectivity index (χ1) is 11.7. The minimum absolute atomic E-state index is 0.141. The molecule has 2 N–H and O–H groups in total. The molecule has 0 spiro atoms. The Kier molecular flexibility index (Phi) is 5.13. The fraction of sp³-hybridized carbons (Fsp3) is 0.222. The summed E-state index contributed by atoms with van der Waals surface area (Å²) in [4.78, 5) is 20.0. The molecule has 0 fully saturated rings. The Morgan fingerprint density at radius 3 is 2.83 bits per heavy atom. The van der Waals surface area contributed by atoms with Gasteiger partial charge in [-0.25, -0.2) is 4.98 Å². The van der Waals surface area contributed by atoms with Gasteiger partial charge in [0.1, 0.15) is 5.65 Å². The zero-order chi connectivity index (χ0) is 16.9. The van der Waals surface area contributed by atoms with Gasteiger partial charge in [0, 0.05) is 36.5 Å². The van der Waals surface area contributed by atoms with Crippen molar-refractivity contribution in [3.63, 3.8) is 0 Å². The number of aromatic amines is 1. The number of amides is 1. The lowest BCUT2D eigenvalue weighted by molar-refractivity contribution is 0.0926. The smallest absolute Gasteiger partial charge is 0.252 e. The molecule has 1 unspecified atom stereocenters. The van der Waals surface area contributed by atoms with Gasteiger partial charge in [0.15, 0.2) is 0 Å². The minimum atomic E-state index is -0.156. The first-order valence-electron chi connectivity index (χ1n) is 7.66. The molecule has 0 aliphatic carbocycles. The molecule has 3 aromatic rings. The average Bonchev–Trinajstić information content (AvgIpc) is 3.08. The Labute approximate surface area is 145 Å². The predicted octanol–water partition coefficient (Wildman–Crippen LogP) is 3.72. The van der Waals surface area contributed by atoms with Crippen LogP contribution in [0.2, 0.25) is 5.02 Å². The Morgan fingerprint density at radius 1 is 1.29 bits per heavy atom. The number of hydrogen-bond acceptors (Lipinski definition) is 3. The van der Waals surface area contributed by atoms with Gasteiger partial charge in [-0.1, -0.05) is 23.7 Å². The number of pyridine rings is 1. The highest BCUT2D eigenvalue weighted by Gasteiger charge is 2.18. The second-order valence-corrected chi connectivity index (χ2v) is 5.89. The maximum Gasteiger partial charge on any atom is 0.252 e. The molecule has 5 nitrogen and oxygen atoms in total. The first-order valence-corrected chi connectivity index (χ1v) is 8.04. The number of rotatable bonds is 6. The lowest BCUT2D eigenvalue weighted by atomic mass is 10.0. The van der Waals surface area contributed by atoms with Crippen molar-refractivity contribution in [3.05, 3.63) is 64.9 Å². The number of fused-ring (bicyclic) bond motifs is 1. The maximum atomic E-state index is 12.8. The van der Waals surface area contributed by atoms with Crippen LogP contribution in [0.1, 0.15) is 28.4 Å². The van der Waals surface area contributed by atoms with E-state index >= 15 is 0 Å². The van der Waals surface area contributed by atoms with Crippen LogP contribution in [0.4, 0.5) is 0 Å². The molecule has 2 aromatic heterocycles. The van der Waals surface area contributed by atoms with Crippen LogP contribution in [0.25, 0.3) is 11.0 Å². The highest BCUT2D eigenvalue weighted by Crippen LogP contribution is 2.21. The van der Waals surface area contributed by atoms with Crippen LogP contribution in [0.3, 0.4) is 0 Å². The number of carbonyl (C=O) groups is 1. The van der Waals surface area contributed by atoms with Gasteiger partial charge < -0.3 is 15.0 Å². The normalized spacial score (nSPS) is 12.2. The summed E-state index contributed by atoms with van der Waals surface area (Å²) in [5, 5.41) is 4.55. The molecule has 1 atom stereocenters.